The van der Waals surface area contributed by atoms with Gasteiger partial charge in [-0.25, -0.2) is 0 Å². The van der Waals surface area contributed by atoms with E-state index in [-0.39, 0.29) is 11.9 Å². The number of benzene rings is 1. The van der Waals surface area contributed by atoms with Crippen molar-refractivity contribution in [2.75, 3.05) is 13.1 Å². The quantitative estimate of drug-likeness (QED) is 0.879. The zero-order valence-electron chi connectivity index (χ0n) is 13.1. The Bertz CT molecular complexity index is 598. The maximum absolute atomic E-state index is 12.2. The molecule has 1 amide bonds. The van der Waals surface area contributed by atoms with Gasteiger partial charge in [-0.05, 0) is 62.7 Å². The van der Waals surface area contributed by atoms with Gasteiger partial charge in [0.25, 0.3) is 0 Å². The van der Waals surface area contributed by atoms with Crippen LogP contribution >= 0.6 is 11.3 Å². The highest BCUT2D eigenvalue weighted by Crippen LogP contribution is 2.29. The molecule has 22 heavy (non-hydrogen) atoms. The summed E-state index contributed by atoms with van der Waals surface area (Å²) in [4.78, 5) is 13.4. The summed E-state index contributed by atoms with van der Waals surface area (Å²) in [5.74, 6) is 0.898. The largest absolute Gasteiger partial charge is 0.349 e. The van der Waals surface area contributed by atoms with Gasteiger partial charge >= 0.3 is 0 Å². The summed E-state index contributed by atoms with van der Waals surface area (Å²) in [6, 6.07) is 10.7. The number of amides is 1. The van der Waals surface area contributed by atoms with E-state index in [0.717, 1.165) is 19.5 Å². The number of nitrogens with one attached hydrogen (secondary N) is 2. The molecule has 1 unspecified atom stereocenters. The van der Waals surface area contributed by atoms with Crippen molar-refractivity contribution >= 4 is 27.3 Å². The number of piperidine rings is 1. The maximum Gasteiger partial charge on any atom is 0.220 e. The van der Waals surface area contributed by atoms with Crippen molar-refractivity contribution in [3.63, 3.8) is 0 Å². The van der Waals surface area contributed by atoms with E-state index in [1.54, 1.807) is 11.3 Å². The van der Waals surface area contributed by atoms with Crippen molar-refractivity contribution < 1.29 is 4.79 Å². The Morgan fingerprint density at radius 2 is 2.14 bits per heavy atom. The van der Waals surface area contributed by atoms with Gasteiger partial charge in [0.15, 0.2) is 0 Å². The van der Waals surface area contributed by atoms with E-state index < -0.39 is 0 Å². The van der Waals surface area contributed by atoms with E-state index in [4.69, 9.17) is 0 Å². The average molecular weight is 316 g/mol. The molecule has 0 saturated carbocycles. The Labute approximate surface area is 136 Å². The average Bonchev–Trinajstić information content (AvgIpc) is 2.98. The molecule has 1 aromatic heterocycles. The van der Waals surface area contributed by atoms with Gasteiger partial charge < -0.3 is 10.6 Å². The molecule has 3 rings (SSSR count). The SMILES string of the molecule is CC(NC(=O)CCC1CCNCC1)c1cc2ccccc2s1. The van der Waals surface area contributed by atoms with E-state index in [0.29, 0.717) is 12.3 Å². The van der Waals surface area contributed by atoms with Crippen molar-refractivity contribution in [3.8, 4) is 0 Å². The van der Waals surface area contributed by atoms with Gasteiger partial charge in [0, 0.05) is 16.0 Å². The Kier molecular flexibility index (Phi) is 5.11. The lowest BCUT2D eigenvalue weighted by Gasteiger charge is -2.22. The zero-order valence-corrected chi connectivity index (χ0v) is 13.9. The monoisotopic (exact) mass is 316 g/mol. The first-order valence-electron chi connectivity index (χ1n) is 8.21. The van der Waals surface area contributed by atoms with Gasteiger partial charge in [0.1, 0.15) is 0 Å². The zero-order chi connectivity index (χ0) is 15.4. The van der Waals surface area contributed by atoms with Crippen LogP contribution in [-0.2, 0) is 4.79 Å². The molecule has 1 aliphatic heterocycles. The Hall–Kier alpha value is -1.39. The molecule has 1 fully saturated rings. The lowest BCUT2D eigenvalue weighted by atomic mass is 9.93. The first kappa shape index (κ1) is 15.5. The van der Waals surface area contributed by atoms with Gasteiger partial charge in [-0.15, -0.1) is 11.3 Å². The van der Waals surface area contributed by atoms with Crippen LogP contribution in [0.25, 0.3) is 10.1 Å². The first-order valence-corrected chi connectivity index (χ1v) is 9.02. The number of rotatable bonds is 5. The molecule has 1 aliphatic rings. The van der Waals surface area contributed by atoms with Crippen molar-refractivity contribution in [1.29, 1.82) is 0 Å². The molecule has 1 aromatic carbocycles. The van der Waals surface area contributed by atoms with Crippen molar-refractivity contribution in [2.24, 2.45) is 5.92 Å². The van der Waals surface area contributed by atoms with Gasteiger partial charge in [-0.3, -0.25) is 4.79 Å². The van der Waals surface area contributed by atoms with Crippen LogP contribution in [0.2, 0.25) is 0 Å². The molecule has 3 nitrogen and oxygen atoms in total. The third-order valence-electron chi connectivity index (χ3n) is 4.49. The summed E-state index contributed by atoms with van der Waals surface area (Å²) < 4.78 is 1.29. The van der Waals surface area contributed by atoms with Crippen molar-refractivity contribution in [3.05, 3.63) is 35.2 Å². The van der Waals surface area contributed by atoms with Crippen LogP contribution in [0.15, 0.2) is 30.3 Å². The maximum atomic E-state index is 12.2. The third kappa shape index (κ3) is 3.87. The minimum absolute atomic E-state index is 0.0953. The van der Waals surface area contributed by atoms with Crippen LogP contribution < -0.4 is 10.6 Å². The summed E-state index contributed by atoms with van der Waals surface area (Å²) in [7, 11) is 0. The van der Waals surface area contributed by atoms with Crippen molar-refractivity contribution in [2.45, 2.75) is 38.6 Å². The van der Waals surface area contributed by atoms with E-state index >= 15 is 0 Å². The number of fused-ring (bicyclic) bond motifs is 1. The summed E-state index contributed by atoms with van der Waals surface area (Å²) in [5.41, 5.74) is 0. The van der Waals surface area contributed by atoms with Gasteiger partial charge in [0.05, 0.1) is 6.04 Å². The summed E-state index contributed by atoms with van der Waals surface area (Å²) in [6.45, 7) is 4.28. The second kappa shape index (κ2) is 7.25. The van der Waals surface area contributed by atoms with E-state index in [9.17, 15) is 4.79 Å². The molecule has 1 saturated heterocycles. The molecular formula is C18H24N2OS. The molecule has 2 N–H and O–H groups in total. The normalized spacial score (nSPS) is 17.5. The number of hydrogen-bond donors (Lipinski definition) is 2. The van der Waals surface area contributed by atoms with Crippen LogP contribution in [0.3, 0.4) is 0 Å². The molecule has 2 aromatic rings. The van der Waals surface area contributed by atoms with Crippen LogP contribution in [0.5, 0.6) is 0 Å². The second-order valence-corrected chi connectivity index (χ2v) is 7.32. The lowest BCUT2D eigenvalue weighted by molar-refractivity contribution is -0.122. The summed E-state index contributed by atoms with van der Waals surface area (Å²) in [6.07, 6.45) is 4.09. The molecular weight excluding hydrogens is 292 g/mol. The predicted octanol–water partition coefficient (Wildman–Crippen LogP) is 3.86. The second-order valence-electron chi connectivity index (χ2n) is 6.21. The van der Waals surface area contributed by atoms with Crippen molar-refractivity contribution in [1.82, 2.24) is 10.6 Å². The minimum atomic E-state index is 0.0953. The summed E-state index contributed by atoms with van der Waals surface area (Å²) >= 11 is 1.77. The van der Waals surface area contributed by atoms with Gasteiger partial charge in [0.2, 0.25) is 5.91 Å². The number of thiophene rings is 1. The topological polar surface area (TPSA) is 41.1 Å². The molecule has 1 atom stereocenters. The Morgan fingerprint density at radius 3 is 2.91 bits per heavy atom. The molecule has 0 aliphatic carbocycles. The highest BCUT2D eigenvalue weighted by atomic mass is 32.1. The lowest BCUT2D eigenvalue weighted by Crippen LogP contribution is -2.30. The van der Waals surface area contributed by atoms with Crippen LogP contribution in [-0.4, -0.2) is 19.0 Å². The molecule has 2 heterocycles. The number of carbonyl (C=O) groups is 1. The van der Waals surface area contributed by atoms with E-state index in [1.165, 1.54) is 27.8 Å². The van der Waals surface area contributed by atoms with Crippen LogP contribution in [0, 0.1) is 5.92 Å². The predicted molar refractivity (Wildman–Crippen MR) is 93.2 cm³/mol. The fraction of sp³-hybridized carbons (Fsp3) is 0.500. The smallest absolute Gasteiger partial charge is 0.220 e. The first-order chi connectivity index (χ1) is 10.7. The Balaban J connectivity index is 1.51. The molecule has 0 bridgehead atoms. The molecule has 118 valence electrons. The highest BCUT2D eigenvalue weighted by molar-refractivity contribution is 7.19. The van der Waals surface area contributed by atoms with Gasteiger partial charge in [-0.2, -0.15) is 0 Å². The van der Waals surface area contributed by atoms with E-state index in [1.807, 2.05) is 0 Å². The number of hydrogen-bond acceptors (Lipinski definition) is 3. The fourth-order valence-corrected chi connectivity index (χ4v) is 4.17. The Morgan fingerprint density at radius 1 is 1.36 bits per heavy atom. The number of carbonyl (C=O) groups excluding carboxylic acids is 1. The molecule has 0 spiro atoms. The molecule has 0 radical (unpaired) electrons. The van der Waals surface area contributed by atoms with E-state index in [2.05, 4.69) is 47.9 Å². The minimum Gasteiger partial charge on any atom is -0.349 e. The summed E-state index contributed by atoms with van der Waals surface area (Å²) in [5, 5.41) is 7.78. The van der Waals surface area contributed by atoms with Crippen LogP contribution in [0.1, 0.15) is 43.5 Å². The van der Waals surface area contributed by atoms with Gasteiger partial charge in [-0.1, -0.05) is 18.2 Å². The highest BCUT2D eigenvalue weighted by Gasteiger charge is 2.16. The molecule has 4 heteroatoms. The van der Waals surface area contributed by atoms with Crippen LogP contribution in [0.4, 0.5) is 0 Å². The third-order valence-corrected chi connectivity index (χ3v) is 5.79. The fourth-order valence-electron chi connectivity index (χ4n) is 3.11. The standard InChI is InChI=1S/C18H24N2OS/c1-13(17-12-15-4-2-3-5-16(15)22-17)20-18(21)7-6-14-8-10-19-11-9-14/h2-5,12-14,19H,6-11H2,1H3,(H,20,21).